The molecule has 0 saturated carbocycles. The summed E-state index contributed by atoms with van der Waals surface area (Å²) < 4.78 is 57.0. The lowest BCUT2D eigenvalue weighted by molar-refractivity contribution is -0.138. The summed E-state index contributed by atoms with van der Waals surface area (Å²) in [6, 6.07) is 1.97. The van der Waals surface area contributed by atoms with Gasteiger partial charge in [0.2, 0.25) is 5.91 Å². The Morgan fingerprint density at radius 1 is 1.43 bits per heavy atom. The van der Waals surface area contributed by atoms with E-state index in [0.29, 0.717) is 19.0 Å². The number of nitrogens with one attached hydrogen (secondary N) is 1. The van der Waals surface area contributed by atoms with Crippen molar-refractivity contribution in [1.82, 2.24) is 10.2 Å². The predicted molar refractivity (Wildman–Crippen MR) is 75.1 cm³/mol. The fourth-order valence-corrected chi connectivity index (χ4v) is 2.70. The van der Waals surface area contributed by atoms with Gasteiger partial charge in [-0.15, -0.1) is 0 Å². The second-order valence-corrected chi connectivity index (χ2v) is 5.57. The van der Waals surface area contributed by atoms with Crippen molar-refractivity contribution in [2.24, 2.45) is 0 Å². The average Bonchev–Trinajstić information content (AvgIpc) is 2.86. The molecule has 0 aromatic heterocycles. The molecule has 4 nitrogen and oxygen atoms in total. The van der Waals surface area contributed by atoms with Crippen molar-refractivity contribution in [3.05, 3.63) is 35.1 Å². The molecule has 1 aromatic carbocycles. The van der Waals surface area contributed by atoms with Crippen molar-refractivity contribution >= 4 is 5.91 Å². The van der Waals surface area contributed by atoms with Gasteiger partial charge in [-0.2, -0.15) is 13.2 Å². The van der Waals surface area contributed by atoms with Gasteiger partial charge in [0.15, 0.2) is 0 Å². The van der Waals surface area contributed by atoms with Crippen molar-refractivity contribution in [2.75, 3.05) is 20.7 Å². The minimum atomic E-state index is -4.67. The summed E-state index contributed by atoms with van der Waals surface area (Å²) in [4.78, 5) is 13.9. The summed E-state index contributed by atoms with van der Waals surface area (Å²) in [7, 11) is 3.30. The number of halogens is 4. The number of ether oxygens (including phenoxy) is 1. The highest BCUT2D eigenvalue weighted by molar-refractivity contribution is 5.82. The van der Waals surface area contributed by atoms with Crippen LogP contribution in [-0.2, 0) is 22.3 Å². The number of benzene rings is 1. The highest BCUT2D eigenvalue weighted by Gasteiger charge is 2.36. The van der Waals surface area contributed by atoms with Gasteiger partial charge < -0.3 is 10.1 Å². The van der Waals surface area contributed by atoms with Gasteiger partial charge in [-0.3, -0.25) is 9.69 Å². The molecule has 128 valence electrons. The zero-order chi connectivity index (χ0) is 17.2. The van der Waals surface area contributed by atoms with Gasteiger partial charge in [0.25, 0.3) is 0 Å². The van der Waals surface area contributed by atoms with E-state index in [0.717, 1.165) is 12.1 Å². The molecule has 0 bridgehead atoms. The number of hydrogen-bond donors (Lipinski definition) is 1. The monoisotopic (exact) mass is 334 g/mol. The molecule has 2 atom stereocenters. The lowest BCUT2D eigenvalue weighted by Gasteiger charge is -2.19. The van der Waals surface area contributed by atoms with Crippen molar-refractivity contribution in [3.8, 4) is 0 Å². The number of nitrogens with zero attached hydrogens (tertiary/aromatic N) is 1. The van der Waals surface area contributed by atoms with Crippen molar-refractivity contribution in [2.45, 2.75) is 31.3 Å². The van der Waals surface area contributed by atoms with Gasteiger partial charge in [0.1, 0.15) is 5.82 Å². The molecule has 0 spiro atoms. The maximum Gasteiger partial charge on any atom is 0.416 e. The van der Waals surface area contributed by atoms with Crippen LogP contribution in [0, 0.1) is 5.82 Å². The molecule has 0 aliphatic carbocycles. The van der Waals surface area contributed by atoms with Crippen LogP contribution < -0.4 is 5.32 Å². The van der Waals surface area contributed by atoms with Crippen molar-refractivity contribution < 1.29 is 27.1 Å². The summed E-state index contributed by atoms with van der Waals surface area (Å²) in [6.07, 6.45) is -4.27. The largest absolute Gasteiger partial charge is 0.416 e. The molecule has 23 heavy (non-hydrogen) atoms. The van der Waals surface area contributed by atoms with Crippen LogP contribution in [0.1, 0.15) is 17.5 Å². The number of amides is 1. The predicted octanol–water partition coefficient (Wildman–Crippen LogP) is 2.18. The van der Waals surface area contributed by atoms with Crippen LogP contribution in [0.5, 0.6) is 0 Å². The Balaban J connectivity index is 2.05. The maximum absolute atomic E-state index is 13.0. The normalized spacial score (nSPS) is 22.3. The third-order valence-electron chi connectivity index (χ3n) is 3.98. The number of carbonyl (C=O) groups excluding carboxylic acids is 1. The Labute approximate surface area is 131 Å². The lowest BCUT2D eigenvalue weighted by Crippen LogP contribution is -2.41. The number of alkyl halides is 3. The van der Waals surface area contributed by atoms with Crippen LogP contribution in [0.2, 0.25) is 0 Å². The Morgan fingerprint density at radius 3 is 2.70 bits per heavy atom. The summed E-state index contributed by atoms with van der Waals surface area (Å²) in [5.41, 5.74) is -1.25. The molecule has 0 unspecified atom stereocenters. The summed E-state index contributed by atoms with van der Waals surface area (Å²) in [5, 5.41) is 2.49. The van der Waals surface area contributed by atoms with E-state index in [9.17, 15) is 22.4 Å². The van der Waals surface area contributed by atoms with Gasteiger partial charge in [-0.1, -0.05) is 6.07 Å². The minimum Gasteiger partial charge on any atom is -0.380 e. The molecular weight excluding hydrogens is 316 g/mol. The molecular formula is C15H18F4N2O2. The third-order valence-corrected chi connectivity index (χ3v) is 3.98. The first-order chi connectivity index (χ1) is 10.7. The van der Waals surface area contributed by atoms with Crippen molar-refractivity contribution in [3.63, 3.8) is 0 Å². The van der Waals surface area contributed by atoms with Crippen LogP contribution in [0.3, 0.4) is 0 Å². The summed E-state index contributed by atoms with van der Waals surface area (Å²) in [6.45, 7) is 0.273. The van der Waals surface area contributed by atoms with Gasteiger partial charge in [0.05, 0.1) is 17.7 Å². The van der Waals surface area contributed by atoms with Gasteiger partial charge in [0, 0.05) is 20.2 Å². The number of methoxy groups -OCH3 is 1. The van der Waals surface area contributed by atoms with E-state index in [1.54, 1.807) is 19.1 Å². The SMILES string of the molecule is CO[C@H]1C[C@@H](C(=O)NCc2ccc(F)cc2C(F)(F)F)N(C)C1. The second kappa shape index (κ2) is 6.84. The first-order valence-electron chi connectivity index (χ1n) is 7.08. The third kappa shape index (κ3) is 4.20. The van der Waals surface area contributed by atoms with Crippen LogP contribution in [0.15, 0.2) is 18.2 Å². The van der Waals surface area contributed by atoms with E-state index in [2.05, 4.69) is 5.32 Å². The van der Waals surface area contributed by atoms with Crippen molar-refractivity contribution in [1.29, 1.82) is 0 Å². The minimum absolute atomic E-state index is 0.0766. The average molecular weight is 334 g/mol. The Bertz CT molecular complexity index is 577. The van der Waals surface area contributed by atoms with Gasteiger partial charge in [-0.05, 0) is 31.2 Å². The topological polar surface area (TPSA) is 41.6 Å². The van der Waals surface area contributed by atoms with E-state index in [4.69, 9.17) is 4.74 Å². The molecule has 1 saturated heterocycles. The molecule has 1 aliphatic heterocycles. The number of likely N-dealkylation sites (tertiary alicyclic amines) is 1. The number of likely N-dealkylation sites (N-methyl/N-ethyl adjacent to an activating group) is 1. The number of rotatable bonds is 4. The zero-order valence-corrected chi connectivity index (χ0v) is 12.8. The Morgan fingerprint density at radius 2 is 2.13 bits per heavy atom. The highest BCUT2D eigenvalue weighted by atomic mass is 19.4. The molecule has 2 rings (SSSR count). The number of carbonyl (C=O) groups is 1. The lowest BCUT2D eigenvalue weighted by atomic mass is 10.1. The molecule has 0 radical (unpaired) electrons. The Kier molecular flexibility index (Phi) is 5.26. The first kappa shape index (κ1) is 17.7. The Hall–Kier alpha value is -1.67. The summed E-state index contributed by atoms with van der Waals surface area (Å²) >= 11 is 0. The summed E-state index contributed by atoms with van der Waals surface area (Å²) in [5.74, 6) is -1.34. The fourth-order valence-electron chi connectivity index (χ4n) is 2.70. The second-order valence-electron chi connectivity index (χ2n) is 5.57. The molecule has 1 heterocycles. The smallest absolute Gasteiger partial charge is 0.380 e. The highest BCUT2D eigenvalue weighted by Crippen LogP contribution is 2.32. The van der Waals surface area contributed by atoms with Crippen LogP contribution in [0.4, 0.5) is 17.6 Å². The standard InChI is InChI=1S/C15H18F4N2O2/c1-21-8-11(23-2)6-13(21)14(22)20-7-9-3-4-10(16)5-12(9)15(17,18)19/h3-5,11,13H,6-8H2,1-2H3,(H,20,22)/t11-,13-/m0/s1. The van der Waals surface area contributed by atoms with Crippen LogP contribution >= 0.6 is 0 Å². The molecule has 1 amide bonds. The fraction of sp³-hybridized carbons (Fsp3) is 0.533. The molecule has 1 aliphatic rings. The molecule has 1 N–H and O–H groups in total. The van der Waals surface area contributed by atoms with E-state index in [1.807, 2.05) is 0 Å². The van der Waals surface area contributed by atoms with E-state index in [1.165, 1.54) is 0 Å². The maximum atomic E-state index is 13.0. The quantitative estimate of drug-likeness (QED) is 0.858. The zero-order valence-electron chi connectivity index (χ0n) is 12.8. The van der Waals surface area contributed by atoms with Crippen LogP contribution in [-0.4, -0.2) is 43.7 Å². The first-order valence-corrected chi connectivity index (χ1v) is 7.08. The number of hydrogen-bond acceptors (Lipinski definition) is 3. The molecule has 1 fully saturated rings. The van der Waals surface area contributed by atoms with Gasteiger partial charge in [-0.25, -0.2) is 4.39 Å². The van der Waals surface area contributed by atoms with E-state index in [-0.39, 0.29) is 24.1 Å². The van der Waals surface area contributed by atoms with Crippen LogP contribution in [0.25, 0.3) is 0 Å². The van der Waals surface area contributed by atoms with E-state index < -0.39 is 23.6 Å². The van der Waals surface area contributed by atoms with E-state index >= 15 is 0 Å². The molecule has 1 aromatic rings. The molecule has 8 heteroatoms. The van der Waals surface area contributed by atoms with Gasteiger partial charge >= 0.3 is 6.18 Å².